The molecule has 19 heavy (non-hydrogen) atoms. The zero-order chi connectivity index (χ0) is 13.1. The van der Waals surface area contributed by atoms with Crippen molar-refractivity contribution in [1.82, 2.24) is 5.32 Å². The maximum absolute atomic E-state index is 10.7. The molecule has 2 aliphatic rings. The van der Waals surface area contributed by atoms with Gasteiger partial charge in [-0.3, -0.25) is 0 Å². The van der Waals surface area contributed by atoms with Crippen molar-refractivity contribution in [2.75, 3.05) is 12.3 Å². The van der Waals surface area contributed by atoms with Gasteiger partial charge in [-0.05, 0) is 24.5 Å². The minimum atomic E-state index is -0.474. The quantitative estimate of drug-likeness (QED) is 0.829. The predicted molar refractivity (Wildman–Crippen MR) is 80.6 cm³/mol. The van der Waals surface area contributed by atoms with E-state index < -0.39 is 5.60 Å². The molecule has 0 amide bonds. The van der Waals surface area contributed by atoms with Crippen LogP contribution in [0.25, 0.3) is 0 Å². The summed E-state index contributed by atoms with van der Waals surface area (Å²) in [7, 11) is 0. The Balaban J connectivity index is 1.61. The number of hydrogen-bond donors (Lipinski definition) is 2. The summed E-state index contributed by atoms with van der Waals surface area (Å²) >= 11 is 1.92. The molecule has 1 fully saturated rings. The number of rotatable bonds is 3. The third-order valence-electron chi connectivity index (χ3n) is 4.41. The zero-order valence-corrected chi connectivity index (χ0v) is 12.2. The lowest BCUT2D eigenvalue weighted by molar-refractivity contribution is 0.0233. The van der Waals surface area contributed by atoms with Crippen LogP contribution in [0.2, 0.25) is 0 Å². The van der Waals surface area contributed by atoms with E-state index in [2.05, 4.69) is 29.6 Å². The number of fused-ring (bicyclic) bond motifs is 1. The molecular weight excluding hydrogens is 254 g/mol. The highest BCUT2D eigenvalue weighted by molar-refractivity contribution is 7.99. The van der Waals surface area contributed by atoms with Crippen molar-refractivity contribution in [2.45, 2.75) is 55.1 Å². The Hall–Kier alpha value is -0.510. The maximum Gasteiger partial charge on any atom is 0.0771 e. The van der Waals surface area contributed by atoms with Crippen molar-refractivity contribution in [3.05, 3.63) is 29.8 Å². The molecule has 2 nitrogen and oxygen atoms in total. The van der Waals surface area contributed by atoms with Crippen LogP contribution in [-0.2, 0) is 0 Å². The fourth-order valence-corrected chi connectivity index (χ4v) is 4.40. The van der Waals surface area contributed by atoms with E-state index in [9.17, 15) is 5.11 Å². The average Bonchev–Trinajstić information content (AvgIpc) is 2.72. The largest absolute Gasteiger partial charge is 0.389 e. The third-order valence-corrected chi connectivity index (χ3v) is 5.59. The Labute approximate surface area is 120 Å². The van der Waals surface area contributed by atoms with Crippen LogP contribution >= 0.6 is 11.8 Å². The Morgan fingerprint density at radius 1 is 1.16 bits per heavy atom. The molecule has 0 radical (unpaired) electrons. The van der Waals surface area contributed by atoms with E-state index in [0.29, 0.717) is 6.04 Å². The second kappa shape index (κ2) is 5.86. The Bertz CT molecular complexity index is 427. The number of thioether (sulfide) groups is 1. The molecule has 1 aliphatic heterocycles. The molecule has 1 saturated carbocycles. The van der Waals surface area contributed by atoms with E-state index in [4.69, 9.17) is 0 Å². The highest BCUT2D eigenvalue weighted by Gasteiger charge is 2.30. The number of nitrogens with one attached hydrogen (secondary N) is 1. The maximum atomic E-state index is 10.7. The van der Waals surface area contributed by atoms with Gasteiger partial charge in [-0.25, -0.2) is 0 Å². The van der Waals surface area contributed by atoms with Crippen LogP contribution in [-0.4, -0.2) is 23.0 Å². The lowest BCUT2D eigenvalue weighted by Crippen LogP contribution is -2.41. The summed E-state index contributed by atoms with van der Waals surface area (Å²) in [5.74, 6) is 1.09. The van der Waals surface area contributed by atoms with Crippen LogP contribution in [0.15, 0.2) is 29.2 Å². The van der Waals surface area contributed by atoms with Crippen molar-refractivity contribution in [3.8, 4) is 0 Å². The van der Waals surface area contributed by atoms with Gasteiger partial charge in [0.05, 0.1) is 5.60 Å². The van der Waals surface area contributed by atoms with Crippen LogP contribution in [0, 0.1) is 0 Å². The topological polar surface area (TPSA) is 32.3 Å². The van der Waals surface area contributed by atoms with Gasteiger partial charge in [-0.15, -0.1) is 11.8 Å². The second-order valence-corrected chi connectivity index (χ2v) is 6.98. The van der Waals surface area contributed by atoms with Crippen molar-refractivity contribution in [1.29, 1.82) is 0 Å². The van der Waals surface area contributed by atoms with Crippen molar-refractivity contribution in [2.24, 2.45) is 0 Å². The lowest BCUT2D eigenvalue weighted by Gasteiger charge is -2.28. The van der Waals surface area contributed by atoms with Crippen LogP contribution in [0.3, 0.4) is 0 Å². The minimum Gasteiger partial charge on any atom is -0.389 e. The molecule has 3 heteroatoms. The molecule has 0 aromatic heterocycles. The van der Waals surface area contributed by atoms with E-state index in [0.717, 1.165) is 25.1 Å². The highest BCUT2D eigenvalue weighted by atomic mass is 32.2. The number of hydrogen-bond acceptors (Lipinski definition) is 3. The van der Waals surface area contributed by atoms with E-state index >= 15 is 0 Å². The van der Waals surface area contributed by atoms with Crippen LogP contribution in [0.1, 0.15) is 50.1 Å². The van der Waals surface area contributed by atoms with Gasteiger partial charge in [0, 0.05) is 23.2 Å². The molecule has 0 spiro atoms. The van der Waals surface area contributed by atoms with Gasteiger partial charge >= 0.3 is 0 Å². The lowest BCUT2D eigenvalue weighted by atomic mass is 9.94. The molecule has 1 aliphatic carbocycles. The fourth-order valence-electron chi connectivity index (χ4n) is 3.21. The highest BCUT2D eigenvalue weighted by Crippen LogP contribution is 2.38. The minimum absolute atomic E-state index is 0.411. The molecule has 1 aromatic rings. The Morgan fingerprint density at radius 3 is 2.68 bits per heavy atom. The first-order valence-electron chi connectivity index (χ1n) is 7.44. The summed E-state index contributed by atoms with van der Waals surface area (Å²) < 4.78 is 0. The molecule has 3 rings (SSSR count). The summed E-state index contributed by atoms with van der Waals surface area (Å²) in [6.07, 6.45) is 6.83. The molecule has 1 unspecified atom stereocenters. The monoisotopic (exact) mass is 277 g/mol. The summed E-state index contributed by atoms with van der Waals surface area (Å²) in [5.41, 5.74) is 0.934. The van der Waals surface area contributed by atoms with E-state index in [1.54, 1.807) is 0 Å². The summed E-state index contributed by atoms with van der Waals surface area (Å²) in [5, 5.41) is 14.3. The molecule has 0 bridgehead atoms. The normalized spacial score (nSPS) is 25.8. The van der Waals surface area contributed by atoms with Gasteiger partial charge < -0.3 is 10.4 Å². The van der Waals surface area contributed by atoms with Crippen molar-refractivity contribution < 1.29 is 5.11 Å². The third kappa shape index (κ3) is 3.15. The van der Waals surface area contributed by atoms with Crippen molar-refractivity contribution >= 4 is 11.8 Å². The molecule has 1 heterocycles. The number of benzene rings is 1. The predicted octanol–water partition coefficient (Wildman–Crippen LogP) is 3.51. The molecule has 0 saturated heterocycles. The first-order chi connectivity index (χ1) is 9.27. The molecular formula is C16H23NOS. The molecule has 2 N–H and O–H groups in total. The SMILES string of the molecule is OC1(CNC2CSc3ccccc32)CCCCCC1. The van der Waals surface area contributed by atoms with E-state index in [-0.39, 0.29) is 0 Å². The first kappa shape index (κ1) is 13.5. The summed E-state index contributed by atoms with van der Waals surface area (Å²) in [6.45, 7) is 0.743. The summed E-state index contributed by atoms with van der Waals surface area (Å²) in [4.78, 5) is 1.40. The second-order valence-electron chi connectivity index (χ2n) is 5.92. The van der Waals surface area contributed by atoms with Crippen LogP contribution in [0.5, 0.6) is 0 Å². The summed E-state index contributed by atoms with van der Waals surface area (Å²) in [6, 6.07) is 9.03. The smallest absolute Gasteiger partial charge is 0.0771 e. The van der Waals surface area contributed by atoms with E-state index in [1.807, 2.05) is 11.8 Å². The Kier molecular flexibility index (Phi) is 4.15. The molecule has 104 valence electrons. The first-order valence-corrected chi connectivity index (χ1v) is 8.43. The van der Waals surface area contributed by atoms with Crippen LogP contribution < -0.4 is 5.32 Å². The van der Waals surface area contributed by atoms with Gasteiger partial charge in [-0.2, -0.15) is 0 Å². The number of aliphatic hydroxyl groups is 1. The zero-order valence-electron chi connectivity index (χ0n) is 11.4. The van der Waals surface area contributed by atoms with Gasteiger partial charge in [0.1, 0.15) is 0 Å². The molecule has 1 atom stereocenters. The average molecular weight is 277 g/mol. The standard InChI is InChI=1S/C16H23NOS/c18-16(9-5-1-2-6-10-16)12-17-14-11-19-15-8-4-3-7-13(14)15/h3-4,7-8,14,17-18H,1-2,5-6,9-12H2. The van der Waals surface area contributed by atoms with E-state index in [1.165, 1.54) is 36.1 Å². The van der Waals surface area contributed by atoms with Gasteiger partial charge in [0.25, 0.3) is 0 Å². The van der Waals surface area contributed by atoms with Crippen molar-refractivity contribution in [3.63, 3.8) is 0 Å². The molecule has 1 aromatic carbocycles. The Morgan fingerprint density at radius 2 is 1.89 bits per heavy atom. The fraction of sp³-hybridized carbons (Fsp3) is 0.625. The van der Waals surface area contributed by atoms with Gasteiger partial charge in [0.2, 0.25) is 0 Å². The van der Waals surface area contributed by atoms with Gasteiger partial charge in [0.15, 0.2) is 0 Å². The van der Waals surface area contributed by atoms with Gasteiger partial charge in [-0.1, -0.05) is 43.9 Å². The van der Waals surface area contributed by atoms with Crippen LogP contribution in [0.4, 0.5) is 0 Å².